The summed E-state index contributed by atoms with van der Waals surface area (Å²) in [7, 11) is 0. The molecule has 0 unspecified atom stereocenters. The van der Waals surface area contributed by atoms with Gasteiger partial charge >= 0.3 is 47.8 Å². The number of esters is 8. The molecule has 19 heteroatoms. The van der Waals surface area contributed by atoms with Gasteiger partial charge in [-0.2, -0.15) is 0 Å². The van der Waals surface area contributed by atoms with Crippen molar-refractivity contribution in [1.29, 1.82) is 0 Å². The molecule has 0 saturated carbocycles. The molecule has 0 amide bonds. The highest BCUT2D eigenvalue weighted by Gasteiger charge is 2.64. The van der Waals surface area contributed by atoms with Gasteiger partial charge in [0.2, 0.25) is 5.79 Å². The van der Waals surface area contributed by atoms with E-state index in [9.17, 15) is 38.4 Å². The molecule has 18 nitrogen and oxygen atoms in total. The van der Waals surface area contributed by atoms with Crippen molar-refractivity contribution < 1.29 is 85.7 Å². The number of carbonyl (C=O) groups is 8. The van der Waals surface area contributed by atoms with E-state index in [0.717, 1.165) is 67.2 Å². The van der Waals surface area contributed by atoms with Crippen molar-refractivity contribution >= 4 is 59.5 Å². The summed E-state index contributed by atoms with van der Waals surface area (Å²) < 4.78 is 55.3. The molecule has 0 aliphatic carbocycles. The maximum absolute atomic E-state index is 12.4. The first kappa shape index (κ1) is 39.2. The third-order valence-corrected chi connectivity index (χ3v) is 7.62. The summed E-state index contributed by atoms with van der Waals surface area (Å²) in [4.78, 5) is 96.7. The second-order valence-corrected chi connectivity index (χ2v) is 11.7. The monoisotopic (exact) mass is 694 g/mol. The van der Waals surface area contributed by atoms with Crippen molar-refractivity contribution in [2.75, 3.05) is 19.8 Å². The van der Waals surface area contributed by atoms with Gasteiger partial charge in [-0.3, -0.25) is 38.4 Å². The Morgan fingerprint density at radius 1 is 0.532 bits per heavy atom. The predicted octanol–water partition coefficient (Wildman–Crippen LogP) is -0.113. The lowest BCUT2D eigenvalue weighted by molar-refractivity contribution is -0.300. The van der Waals surface area contributed by atoms with Crippen LogP contribution in [0.15, 0.2) is 0 Å². The van der Waals surface area contributed by atoms with Crippen LogP contribution in [0.4, 0.5) is 0 Å². The van der Waals surface area contributed by atoms with Gasteiger partial charge in [-0.25, -0.2) is 0 Å². The second kappa shape index (κ2) is 17.3. The Morgan fingerprint density at radius 3 is 1.47 bits per heavy atom. The minimum absolute atomic E-state index is 0.432. The van der Waals surface area contributed by atoms with E-state index in [1.165, 1.54) is 0 Å². The van der Waals surface area contributed by atoms with E-state index in [1.54, 1.807) is 0 Å². The van der Waals surface area contributed by atoms with E-state index >= 15 is 0 Å². The third kappa shape index (κ3) is 11.7. The maximum atomic E-state index is 12.4. The molecule has 47 heavy (non-hydrogen) atoms. The normalized spacial score (nSPS) is 29.8. The Kier molecular flexibility index (Phi) is 14.4. The summed E-state index contributed by atoms with van der Waals surface area (Å²) in [5.74, 6) is -9.08. The lowest BCUT2D eigenvalue weighted by Crippen LogP contribution is -2.62. The van der Waals surface area contributed by atoms with Gasteiger partial charge in [0.25, 0.3) is 0 Å². The molecule has 2 aliphatic rings. The molecule has 2 fully saturated rings. The van der Waals surface area contributed by atoms with Gasteiger partial charge in [0.05, 0.1) is 5.25 Å². The van der Waals surface area contributed by atoms with Crippen LogP contribution >= 0.6 is 11.8 Å². The van der Waals surface area contributed by atoms with E-state index < -0.39 is 121 Å². The van der Waals surface area contributed by atoms with Crippen LogP contribution in [-0.2, 0) is 85.7 Å². The zero-order valence-corrected chi connectivity index (χ0v) is 27.8. The van der Waals surface area contributed by atoms with Crippen LogP contribution in [0.2, 0.25) is 0 Å². The molecule has 0 aromatic heterocycles. The quantitative estimate of drug-likeness (QED) is 0.181. The summed E-state index contributed by atoms with van der Waals surface area (Å²) in [6.45, 7) is 6.67. The summed E-state index contributed by atoms with van der Waals surface area (Å²) >= 11 is 0.780. The van der Waals surface area contributed by atoms with Crippen molar-refractivity contribution in [1.82, 2.24) is 0 Å². The van der Waals surface area contributed by atoms with Crippen LogP contribution in [0.3, 0.4) is 0 Å². The van der Waals surface area contributed by atoms with Gasteiger partial charge in [0.15, 0.2) is 30.5 Å². The second-order valence-electron chi connectivity index (χ2n) is 10.3. The van der Waals surface area contributed by atoms with Crippen molar-refractivity contribution in [3.8, 4) is 0 Å². The molecule has 0 bridgehead atoms. The fourth-order valence-electron chi connectivity index (χ4n) is 4.76. The number of ether oxygens (including phenoxy) is 10. The number of hydrogen-bond donors (Lipinski definition) is 0. The molecule has 0 N–H and O–H groups in total. The van der Waals surface area contributed by atoms with Crippen molar-refractivity contribution in [2.45, 2.75) is 108 Å². The molecular weight excluding hydrogens is 656 g/mol. The molecule has 9 atom stereocenters. The lowest BCUT2D eigenvalue weighted by Gasteiger charge is -2.46. The van der Waals surface area contributed by atoms with Crippen LogP contribution in [0.5, 0.6) is 0 Å². The van der Waals surface area contributed by atoms with E-state index in [1.807, 2.05) is 0 Å². The van der Waals surface area contributed by atoms with Gasteiger partial charge < -0.3 is 47.4 Å². The van der Waals surface area contributed by atoms with Crippen LogP contribution in [0.25, 0.3) is 0 Å². The lowest BCUT2D eigenvalue weighted by atomic mass is 10.0. The average molecular weight is 695 g/mol. The Labute approximate surface area is 273 Å². The molecule has 264 valence electrons. The topological polar surface area (TPSA) is 229 Å². The fraction of sp³-hybridized carbons (Fsp3) is 0.714. The molecule has 2 saturated heterocycles. The van der Waals surface area contributed by atoms with Crippen LogP contribution in [0.1, 0.15) is 55.4 Å². The minimum Gasteiger partial charge on any atom is -0.465 e. The highest BCUT2D eigenvalue weighted by atomic mass is 32.2. The predicted molar refractivity (Wildman–Crippen MR) is 152 cm³/mol. The molecular formula is C28H38O18S. The molecule has 0 aromatic rings. The molecule has 2 rings (SSSR count). The first-order valence-electron chi connectivity index (χ1n) is 14.1. The number of carbonyl (C=O) groups excluding carboxylic acids is 8. The number of rotatable bonds is 13. The average Bonchev–Trinajstić information content (AvgIpc) is 3.18. The molecule has 2 aliphatic heterocycles. The van der Waals surface area contributed by atoms with Gasteiger partial charge in [-0.1, -0.05) is 0 Å². The van der Waals surface area contributed by atoms with Gasteiger partial charge in [0.1, 0.15) is 31.4 Å². The fourth-order valence-corrected chi connectivity index (χ4v) is 6.20. The van der Waals surface area contributed by atoms with Crippen molar-refractivity contribution in [3.05, 3.63) is 0 Å². The van der Waals surface area contributed by atoms with E-state index in [4.69, 9.17) is 47.4 Å². The third-order valence-electron chi connectivity index (χ3n) is 6.24. The number of hydrogen-bond acceptors (Lipinski definition) is 19. The Morgan fingerprint density at radius 2 is 0.979 bits per heavy atom. The maximum Gasteiger partial charge on any atom is 0.303 e. The Hall–Kier alpha value is -3.97. The summed E-state index contributed by atoms with van der Waals surface area (Å²) in [6.07, 6.45) is -9.15. The summed E-state index contributed by atoms with van der Waals surface area (Å²) in [5, 5.41) is -1.05. The molecule has 0 spiro atoms. The standard InChI is InChI=1S/C28H38O18S/c1-12(29)37-9-20-22(40-15(4)32)26(44-19(8)36)28(45-20,11-39-14(3)31)46-27-25(43-18(7)35)24(42-17(6)34)23(41-16(5)33)21(47-27)10-38-13(2)30/h20-27H,9-11H2,1-8H3/t20-,21-,22-,23-,24+,25-,26+,27+,28+/m1/s1. The smallest absolute Gasteiger partial charge is 0.303 e. The first-order valence-corrected chi connectivity index (χ1v) is 15.1. The Balaban J connectivity index is 2.78. The molecule has 0 radical (unpaired) electrons. The SMILES string of the molecule is CC(=O)OC[C@H]1O[C@@](COC(C)=O)(O[C@H]2S[C@H](COC(C)=O)[C@@H](OC(C)=O)[C@H](OC(C)=O)[C@H]2OC(C)=O)[C@@H](OC(C)=O)[C@@H]1OC(C)=O. The van der Waals surface area contributed by atoms with Crippen LogP contribution in [0, 0.1) is 0 Å². The Bertz CT molecular complexity index is 1220. The minimum atomic E-state index is -2.38. The molecule has 2 heterocycles. The van der Waals surface area contributed by atoms with Gasteiger partial charge in [0, 0.05) is 55.4 Å². The van der Waals surface area contributed by atoms with Crippen molar-refractivity contribution in [2.24, 2.45) is 0 Å². The summed E-state index contributed by atoms with van der Waals surface area (Å²) in [6, 6.07) is 0. The highest BCUT2D eigenvalue weighted by Crippen LogP contribution is 2.45. The van der Waals surface area contributed by atoms with Crippen molar-refractivity contribution in [3.63, 3.8) is 0 Å². The van der Waals surface area contributed by atoms with Gasteiger partial charge in [-0.15, -0.1) is 11.8 Å². The van der Waals surface area contributed by atoms with Crippen LogP contribution < -0.4 is 0 Å². The number of thioether (sulfide) groups is 1. The van der Waals surface area contributed by atoms with E-state index in [-0.39, 0.29) is 0 Å². The van der Waals surface area contributed by atoms with Gasteiger partial charge in [-0.05, 0) is 0 Å². The summed E-state index contributed by atoms with van der Waals surface area (Å²) in [5.41, 5.74) is -1.52. The zero-order valence-electron chi connectivity index (χ0n) is 27.0. The largest absolute Gasteiger partial charge is 0.465 e. The van der Waals surface area contributed by atoms with E-state index in [0.29, 0.717) is 0 Å². The van der Waals surface area contributed by atoms with Crippen LogP contribution in [-0.4, -0.2) is 121 Å². The highest BCUT2D eigenvalue weighted by molar-refractivity contribution is 8.00. The zero-order chi connectivity index (χ0) is 35.6. The first-order chi connectivity index (χ1) is 21.8. The molecule has 0 aromatic carbocycles. The van der Waals surface area contributed by atoms with E-state index in [2.05, 4.69) is 0 Å².